The Morgan fingerprint density at radius 3 is 2.94 bits per heavy atom. The van der Waals surface area contributed by atoms with Gasteiger partial charge in [-0.3, -0.25) is 0 Å². The summed E-state index contributed by atoms with van der Waals surface area (Å²) in [5.41, 5.74) is 1.12. The number of halogens is 1. The molecule has 1 aromatic rings. The van der Waals surface area contributed by atoms with Crippen LogP contribution < -0.4 is 4.74 Å². The minimum absolute atomic E-state index is 0.543. The number of aromatic nitrogens is 2. The summed E-state index contributed by atoms with van der Waals surface area (Å²) in [5, 5.41) is 0. The molecule has 1 heterocycles. The van der Waals surface area contributed by atoms with Gasteiger partial charge in [0.15, 0.2) is 0 Å². The highest BCUT2D eigenvalue weighted by molar-refractivity contribution is 9.10. The first-order valence-electron chi connectivity index (χ1n) is 5.47. The van der Waals surface area contributed by atoms with Gasteiger partial charge in [-0.2, -0.15) is 4.98 Å². The van der Waals surface area contributed by atoms with Gasteiger partial charge in [-0.15, -0.1) is 6.58 Å². The van der Waals surface area contributed by atoms with Crippen LogP contribution in [0, 0.1) is 0 Å². The minimum Gasteiger partial charge on any atom is -0.477 e. The molecule has 0 unspecified atom stereocenters. The van der Waals surface area contributed by atoms with Crippen molar-refractivity contribution in [1.82, 2.24) is 9.97 Å². The first-order chi connectivity index (χ1) is 7.65. The second kappa shape index (κ2) is 4.95. The Bertz CT molecular complexity index is 402. The van der Waals surface area contributed by atoms with Gasteiger partial charge in [-0.05, 0) is 35.7 Å². The highest BCUT2D eigenvalue weighted by Gasteiger charge is 2.27. The fourth-order valence-corrected chi connectivity index (χ4v) is 1.72. The summed E-state index contributed by atoms with van der Waals surface area (Å²) in [6, 6.07) is 1.81. The number of nitrogens with zero attached hydrogens (tertiary/aromatic N) is 2. The quantitative estimate of drug-likeness (QED) is 0.613. The molecule has 0 N–H and O–H groups in total. The Morgan fingerprint density at radius 2 is 2.31 bits per heavy atom. The van der Waals surface area contributed by atoms with E-state index in [1.165, 1.54) is 12.8 Å². The van der Waals surface area contributed by atoms with E-state index in [4.69, 9.17) is 4.74 Å². The summed E-state index contributed by atoms with van der Waals surface area (Å²) in [7, 11) is 0. The van der Waals surface area contributed by atoms with Gasteiger partial charge in [0.2, 0.25) is 5.88 Å². The zero-order valence-corrected chi connectivity index (χ0v) is 11.0. The van der Waals surface area contributed by atoms with Crippen LogP contribution in [0.1, 0.15) is 37.9 Å². The normalized spacial score (nSPS) is 14.9. The van der Waals surface area contributed by atoms with Crippen molar-refractivity contribution in [3.63, 3.8) is 0 Å². The van der Waals surface area contributed by atoms with E-state index in [2.05, 4.69) is 32.5 Å². The lowest BCUT2D eigenvalue weighted by atomic mass is 10.3. The molecule has 0 radical (unpaired) electrons. The van der Waals surface area contributed by atoms with Crippen molar-refractivity contribution in [2.75, 3.05) is 6.61 Å². The van der Waals surface area contributed by atoms with Gasteiger partial charge in [0.05, 0.1) is 6.61 Å². The van der Waals surface area contributed by atoms with Gasteiger partial charge in [-0.25, -0.2) is 4.98 Å². The first kappa shape index (κ1) is 11.6. The van der Waals surface area contributed by atoms with Crippen molar-refractivity contribution in [3.05, 3.63) is 28.6 Å². The predicted octanol–water partition coefficient (Wildman–Crippen LogP) is 3.46. The molecular weight excluding hydrogens is 268 g/mol. The zero-order chi connectivity index (χ0) is 11.5. The molecule has 0 aromatic carbocycles. The Hall–Kier alpha value is -0.900. The zero-order valence-electron chi connectivity index (χ0n) is 9.37. The van der Waals surface area contributed by atoms with Crippen LogP contribution in [0.4, 0.5) is 0 Å². The molecule has 0 atom stereocenters. The van der Waals surface area contributed by atoms with Crippen LogP contribution in [0.3, 0.4) is 0 Å². The van der Waals surface area contributed by atoms with E-state index in [1.807, 2.05) is 13.0 Å². The molecule has 1 aliphatic rings. The first-order valence-corrected chi connectivity index (χ1v) is 6.26. The SMILES string of the molecule is C=C(C)CCOc1cc(Br)nc(C2CC2)n1. The second-order valence-corrected chi connectivity index (χ2v) is 5.03. The van der Waals surface area contributed by atoms with E-state index in [1.54, 1.807) is 0 Å². The molecule has 86 valence electrons. The standard InChI is InChI=1S/C12H15BrN2O/c1-8(2)5-6-16-11-7-10(13)14-12(15-11)9-3-4-9/h7,9H,1,3-6H2,2H3. The monoisotopic (exact) mass is 282 g/mol. The maximum absolute atomic E-state index is 5.57. The maximum Gasteiger partial charge on any atom is 0.217 e. The fourth-order valence-electron chi connectivity index (χ4n) is 1.34. The summed E-state index contributed by atoms with van der Waals surface area (Å²) in [6.07, 6.45) is 3.25. The van der Waals surface area contributed by atoms with Crippen LogP contribution in [0.2, 0.25) is 0 Å². The summed E-state index contributed by atoms with van der Waals surface area (Å²) < 4.78 is 6.37. The Balaban J connectivity index is 1.99. The number of ether oxygens (including phenoxy) is 1. The molecule has 1 fully saturated rings. The Morgan fingerprint density at radius 1 is 1.56 bits per heavy atom. The van der Waals surface area contributed by atoms with Gasteiger partial charge in [0, 0.05) is 18.4 Å². The predicted molar refractivity (Wildman–Crippen MR) is 66.6 cm³/mol. The van der Waals surface area contributed by atoms with E-state index in [0.717, 1.165) is 22.4 Å². The molecular formula is C12H15BrN2O. The van der Waals surface area contributed by atoms with E-state index in [0.29, 0.717) is 18.4 Å². The molecule has 1 aliphatic carbocycles. The smallest absolute Gasteiger partial charge is 0.217 e. The third-order valence-corrected chi connectivity index (χ3v) is 2.82. The average Bonchev–Trinajstić information content (AvgIpc) is 2.99. The van der Waals surface area contributed by atoms with Gasteiger partial charge >= 0.3 is 0 Å². The number of hydrogen-bond donors (Lipinski definition) is 0. The van der Waals surface area contributed by atoms with Crippen LogP contribution in [0.5, 0.6) is 5.88 Å². The molecule has 1 saturated carbocycles. The van der Waals surface area contributed by atoms with Crippen molar-refractivity contribution in [3.8, 4) is 5.88 Å². The summed E-state index contributed by atoms with van der Waals surface area (Å²) in [6.45, 7) is 6.46. The fraction of sp³-hybridized carbons (Fsp3) is 0.500. The van der Waals surface area contributed by atoms with E-state index in [-0.39, 0.29) is 0 Å². The summed E-state index contributed by atoms with van der Waals surface area (Å²) in [4.78, 5) is 8.75. The average molecular weight is 283 g/mol. The lowest BCUT2D eigenvalue weighted by Crippen LogP contribution is -2.02. The van der Waals surface area contributed by atoms with Gasteiger partial charge in [0.1, 0.15) is 10.4 Å². The lowest BCUT2D eigenvalue weighted by molar-refractivity contribution is 0.307. The lowest BCUT2D eigenvalue weighted by Gasteiger charge is -2.06. The van der Waals surface area contributed by atoms with E-state index < -0.39 is 0 Å². The Labute approximate surface area is 104 Å². The second-order valence-electron chi connectivity index (χ2n) is 4.22. The van der Waals surface area contributed by atoms with Gasteiger partial charge in [0.25, 0.3) is 0 Å². The topological polar surface area (TPSA) is 35.0 Å². The largest absolute Gasteiger partial charge is 0.477 e. The molecule has 2 rings (SSSR count). The molecule has 0 amide bonds. The van der Waals surface area contributed by atoms with Crippen molar-refractivity contribution >= 4 is 15.9 Å². The van der Waals surface area contributed by atoms with Crippen LogP contribution in [0.25, 0.3) is 0 Å². The summed E-state index contributed by atoms with van der Waals surface area (Å²) in [5.74, 6) is 2.10. The Kier molecular flexibility index (Phi) is 3.59. The molecule has 16 heavy (non-hydrogen) atoms. The van der Waals surface area contributed by atoms with Crippen molar-refractivity contribution in [2.45, 2.75) is 32.1 Å². The minimum atomic E-state index is 0.543. The molecule has 0 aliphatic heterocycles. The molecule has 0 bridgehead atoms. The van der Waals surface area contributed by atoms with E-state index >= 15 is 0 Å². The van der Waals surface area contributed by atoms with Crippen LogP contribution in [-0.4, -0.2) is 16.6 Å². The molecule has 1 aromatic heterocycles. The maximum atomic E-state index is 5.57. The van der Waals surface area contributed by atoms with Crippen LogP contribution in [0.15, 0.2) is 22.8 Å². The third-order valence-electron chi connectivity index (χ3n) is 2.41. The number of hydrogen-bond acceptors (Lipinski definition) is 3. The van der Waals surface area contributed by atoms with Gasteiger partial charge in [-0.1, -0.05) is 5.57 Å². The van der Waals surface area contributed by atoms with E-state index in [9.17, 15) is 0 Å². The number of rotatable bonds is 5. The molecule has 0 spiro atoms. The van der Waals surface area contributed by atoms with Crippen LogP contribution in [-0.2, 0) is 0 Å². The van der Waals surface area contributed by atoms with Crippen molar-refractivity contribution in [1.29, 1.82) is 0 Å². The summed E-state index contributed by atoms with van der Waals surface area (Å²) >= 11 is 3.38. The highest BCUT2D eigenvalue weighted by Crippen LogP contribution is 2.39. The van der Waals surface area contributed by atoms with Crippen molar-refractivity contribution in [2.24, 2.45) is 0 Å². The highest BCUT2D eigenvalue weighted by atomic mass is 79.9. The third kappa shape index (κ3) is 3.30. The van der Waals surface area contributed by atoms with Crippen LogP contribution >= 0.6 is 15.9 Å². The van der Waals surface area contributed by atoms with Gasteiger partial charge < -0.3 is 4.74 Å². The molecule has 3 nitrogen and oxygen atoms in total. The molecule has 0 saturated heterocycles. The van der Waals surface area contributed by atoms with Crippen molar-refractivity contribution < 1.29 is 4.74 Å². The molecule has 4 heteroatoms.